The zero-order valence-electron chi connectivity index (χ0n) is 7.83. The van der Waals surface area contributed by atoms with Crippen molar-refractivity contribution >= 4 is 27.5 Å². The quantitative estimate of drug-likeness (QED) is 0.839. The third kappa shape index (κ3) is 3.14. The van der Waals surface area contributed by atoms with Crippen LogP contribution in [0.4, 0.5) is 4.39 Å². The van der Waals surface area contributed by atoms with Gasteiger partial charge in [0, 0.05) is 10.9 Å². The van der Waals surface area contributed by atoms with Gasteiger partial charge in [0.2, 0.25) is 0 Å². The number of rotatable bonds is 4. The van der Waals surface area contributed by atoms with Gasteiger partial charge in [-0.25, -0.2) is 4.39 Å². The van der Waals surface area contributed by atoms with Crippen molar-refractivity contribution in [2.75, 3.05) is 5.33 Å². The number of hydrogen-bond donors (Lipinski definition) is 2. The number of benzene rings is 1. The molecule has 0 heterocycles. The molecule has 0 saturated heterocycles. The smallest absolute Gasteiger partial charge is 0.142 e. The molecule has 0 fully saturated rings. The highest BCUT2D eigenvalue weighted by Gasteiger charge is 2.21. The summed E-state index contributed by atoms with van der Waals surface area (Å²) in [5, 5.41) is 19.6. The van der Waals surface area contributed by atoms with Crippen LogP contribution in [-0.4, -0.2) is 21.6 Å². The number of aliphatic hydroxyl groups is 2. The zero-order valence-corrected chi connectivity index (χ0v) is 10.2. The SMILES string of the molecule is OC(CCBr)C(O)c1cccc(F)c1Cl. The average Bonchev–Trinajstić information content (AvgIpc) is 2.21. The Kier molecular flexibility index (Phi) is 4.99. The maximum Gasteiger partial charge on any atom is 0.142 e. The Morgan fingerprint density at radius 2 is 2.07 bits per heavy atom. The van der Waals surface area contributed by atoms with Crippen LogP contribution in [0.5, 0.6) is 0 Å². The Bertz CT molecular complexity index is 335. The van der Waals surface area contributed by atoms with Crippen molar-refractivity contribution in [3.8, 4) is 0 Å². The van der Waals surface area contributed by atoms with Crippen LogP contribution >= 0.6 is 27.5 Å². The van der Waals surface area contributed by atoms with E-state index >= 15 is 0 Å². The van der Waals surface area contributed by atoms with E-state index in [1.165, 1.54) is 18.2 Å². The third-order valence-electron chi connectivity index (χ3n) is 2.07. The van der Waals surface area contributed by atoms with Crippen LogP contribution in [0.3, 0.4) is 0 Å². The first-order valence-corrected chi connectivity index (χ1v) is 5.94. The molecular formula is C10H11BrClFO2. The van der Waals surface area contributed by atoms with Gasteiger partial charge in [-0.1, -0.05) is 39.7 Å². The molecule has 84 valence electrons. The first-order valence-electron chi connectivity index (χ1n) is 4.44. The average molecular weight is 298 g/mol. The summed E-state index contributed by atoms with van der Waals surface area (Å²) >= 11 is 8.82. The lowest BCUT2D eigenvalue weighted by atomic mass is 10.0. The van der Waals surface area contributed by atoms with E-state index in [0.29, 0.717) is 11.8 Å². The van der Waals surface area contributed by atoms with Crippen LogP contribution in [0.25, 0.3) is 0 Å². The molecule has 2 atom stereocenters. The van der Waals surface area contributed by atoms with Crippen molar-refractivity contribution < 1.29 is 14.6 Å². The monoisotopic (exact) mass is 296 g/mol. The fourth-order valence-electron chi connectivity index (χ4n) is 1.23. The van der Waals surface area contributed by atoms with Gasteiger partial charge >= 0.3 is 0 Å². The summed E-state index contributed by atoms with van der Waals surface area (Å²) in [5.41, 5.74) is 0.213. The van der Waals surface area contributed by atoms with Gasteiger partial charge < -0.3 is 10.2 Å². The summed E-state index contributed by atoms with van der Waals surface area (Å²) in [6, 6.07) is 4.14. The number of halogens is 3. The minimum Gasteiger partial charge on any atom is -0.390 e. The fraction of sp³-hybridized carbons (Fsp3) is 0.400. The molecule has 2 N–H and O–H groups in total. The lowest BCUT2D eigenvalue weighted by Gasteiger charge is -2.18. The highest BCUT2D eigenvalue weighted by Crippen LogP contribution is 2.28. The van der Waals surface area contributed by atoms with Gasteiger partial charge in [-0.05, 0) is 12.5 Å². The molecule has 0 aliphatic heterocycles. The van der Waals surface area contributed by atoms with Crippen molar-refractivity contribution in [3.63, 3.8) is 0 Å². The van der Waals surface area contributed by atoms with E-state index in [1.807, 2.05) is 0 Å². The maximum absolute atomic E-state index is 13.1. The summed E-state index contributed by atoms with van der Waals surface area (Å²) < 4.78 is 13.1. The van der Waals surface area contributed by atoms with E-state index in [-0.39, 0.29) is 10.6 Å². The zero-order chi connectivity index (χ0) is 11.4. The molecule has 0 radical (unpaired) electrons. The normalized spacial score (nSPS) is 15.0. The molecule has 0 aliphatic rings. The summed E-state index contributed by atoms with van der Waals surface area (Å²) in [6.45, 7) is 0. The molecule has 0 bridgehead atoms. The molecular weight excluding hydrogens is 286 g/mol. The third-order valence-corrected chi connectivity index (χ3v) is 2.93. The molecule has 2 nitrogen and oxygen atoms in total. The molecule has 0 aromatic heterocycles. The summed E-state index contributed by atoms with van der Waals surface area (Å²) in [4.78, 5) is 0. The lowest BCUT2D eigenvalue weighted by molar-refractivity contribution is 0.0172. The molecule has 1 rings (SSSR count). The molecule has 1 aromatic carbocycles. The fourth-order valence-corrected chi connectivity index (χ4v) is 1.93. The Morgan fingerprint density at radius 1 is 1.40 bits per heavy atom. The minimum atomic E-state index is -1.16. The largest absolute Gasteiger partial charge is 0.390 e. The molecule has 15 heavy (non-hydrogen) atoms. The highest BCUT2D eigenvalue weighted by atomic mass is 79.9. The van der Waals surface area contributed by atoms with Crippen molar-refractivity contribution in [2.45, 2.75) is 18.6 Å². The van der Waals surface area contributed by atoms with Crippen LogP contribution in [0.2, 0.25) is 5.02 Å². The minimum absolute atomic E-state index is 0.140. The Labute approximate surface area is 101 Å². The summed E-state index contributed by atoms with van der Waals surface area (Å²) in [6.07, 6.45) is -1.75. The van der Waals surface area contributed by atoms with Crippen molar-refractivity contribution in [1.29, 1.82) is 0 Å². The van der Waals surface area contributed by atoms with Crippen LogP contribution in [0.1, 0.15) is 18.1 Å². The van der Waals surface area contributed by atoms with Gasteiger partial charge in [0.05, 0.1) is 11.1 Å². The summed E-state index contributed by atoms with van der Waals surface area (Å²) in [7, 11) is 0. The second kappa shape index (κ2) is 5.80. The van der Waals surface area contributed by atoms with E-state index < -0.39 is 18.0 Å². The molecule has 0 spiro atoms. The van der Waals surface area contributed by atoms with Crippen molar-refractivity contribution in [2.24, 2.45) is 0 Å². The Morgan fingerprint density at radius 3 is 2.67 bits per heavy atom. The van der Waals surface area contributed by atoms with Crippen LogP contribution in [0, 0.1) is 5.82 Å². The van der Waals surface area contributed by atoms with E-state index in [4.69, 9.17) is 11.6 Å². The predicted octanol–water partition coefficient (Wildman–Crippen LogP) is 2.66. The molecule has 5 heteroatoms. The van der Waals surface area contributed by atoms with Gasteiger partial charge in [0.25, 0.3) is 0 Å². The van der Waals surface area contributed by atoms with Gasteiger partial charge in [0.15, 0.2) is 0 Å². The first-order chi connectivity index (χ1) is 7.07. The number of aliphatic hydroxyl groups excluding tert-OH is 2. The van der Waals surface area contributed by atoms with E-state index in [9.17, 15) is 14.6 Å². The second-order valence-electron chi connectivity index (χ2n) is 3.13. The molecule has 0 aliphatic carbocycles. The molecule has 2 unspecified atom stereocenters. The highest BCUT2D eigenvalue weighted by molar-refractivity contribution is 9.09. The summed E-state index contributed by atoms with van der Waals surface area (Å²) in [5.74, 6) is -0.598. The Balaban J connectivity index is 2.90. The van der Waals surface area contributed by atoms with Crippen LogP contribution in [0.15, 0.2) is 18.2 Å². The predicted molar refractivity (Wildman–Crippen MR) is 60.8 cm³/mol. The Hall–Kier alpha value is -0.160. The van der Waals surface area contributed by atoms with Crippen LogP contribution in [-0.2, 0) is 0 Å². The van der Waals surface area contributed by atoms with Crippen molar-refractivity contribution in [3.05, 3.63) is 34.6 Å². The van der Waals surface area contributed by atoms with Gasteiger partial charge in [-0.15, -0.1) is 0 Å². The first kappa shape index (κ1) is 12.9. The standard InChI is InChI=1S/C10H11BrClFO2/c11-5-4-8(14)10(15)6-2-1-3-7(13)9(6)12/h1-3,8,10,14-15H,4-5H2. The molecule has 0 amide bonds. The van der Waals surface area contributed by atoms with E-state index in [1.54, 1.807) is 0 Å². The molecule has 1 aromatic rings. The van der Waals surface area contributed by atoms with Crippen LogP contribution < -0.4 is 0 Å². The number of hydrogen-bond acceptors (Lipinski definition) is 2. The maximum atomic E-state index is 13.1. The second-order valence-corrected chi connectivity index (χ2v) is 4.30. The van der Waals surface area contributed by atoms with Gasteiger partial charge in [-0.3, -0.25) is 0 Å². The lowest BCUT2D eigenvalue weighted by Crippen LogP contribution is -2.19. The van der Waals surface area contributed by atoms with E-state index in [2.05, 4.69) is 15.9 Å². The van der Waals surface area contributed by atoms with E-state index in [0.717, 1.165) is 0 Å². The molecule has 0 saturated carbocycles. The topological polar surface area (TPSA) is 40.5 Å². The van der Waals surface area contributed by atoms with Gasteiger partial charge in [0.1, 0.15) is 11.9 Å². The van der Waals surface area contributed by atoms with Gasteiger partial charge in [-0.2, -0.15) is 0 Å². The van der Waals surface area contributed by atoms with Crippen molar-refractivity contribution in [1.82, 2.24) is 0 Å². The number of alkyl halides is 1.